The van der Waals surface area contributed by atoms with Crippen molar-refractivity contribution in [2.75, 3.05) is 44.2 Å². The van der Waals surface area contributed by atoms with Crippen molar-refractivity contribution in [1.29, 1.82) is 0 Å². The molecule has 1 N–H and O–H groups in total. The average Bonchev–Trinajstić information content (AvgIpc) is 3.50. The van der Waals surface area contributed by atoms with Crippen LogP contribution in [0.1, 0.15) is 35.1 Å². The molecule has 1 aliphatic heterocycles. The quantitative estimate of drug-likeness (QED) is 0.425. The van der Waals surface area contributed by atoms with Crippen LogP contribution >= 0.6 is 11.3 Å². The number of carbonyl (C=O) groups excluding carboxylic acids is 1. The molecule has 0 aliphatic carbocycles. The van der Waals surface area contributed by atoms with E-state index in [9.17, 15) is 4.79 Å². The summed E-state index contributed by atoms with van der Waals surface area (Å²) in [6.07, 6.45) is 5.30. The molecule has 1 saturated heterocycles. The molecule has 4 aromatic heterocycles. The summed E-state index contributed by atoms with van der Waals surface area (Å²) < 4.78 is 1.88. The monoisotopic (exact) mass is 490 g/mol. The second-order valence-electron chi connectivity index (χ2n) is 9.02. The lowest BCUT2D eigenvalue weighted by Crippen LogP contribution is -2.49. The Bertz CT molecular complexity index is 1310. The summed E-state index contributed by atoms with van der Waals surface area (Å²) in [4.78, 5) is 33.7. The molecule has 1 amide bonds. The van der Waals surface area contributed by atoms with Crippen molar-refractivity contribution in [3.05, 3.63) is 53.3 Å². The second-order valence-corrected chi connectivity index (χ2v) is 10.3. The van der Waals surface area contributed by atoms with Crippen LogP contribution in [0.25, 0.3) is 21.6 Å². The van der Waals surface area contributed by atoms with Gasteiger partial charge in [-0.2, -0.15) is 5.10 Å². The molecular formula is C25H30N8OS. The summed E-state index contributed by atoms with van der Waals surface area (Å²) in [7, 11) is 0. The maximum Gasteiger partial charge on any atom is 0.252 e. The highest BCUT2D eigenvalue weighted by Gasteiger charge is 2.21. The van der Waals surface area contributed by atoms with E-state index in [1.54, 1.807) is 29.9 Å². The summed E-state index contributed by atoms with van der Waals surface area (Å²) in [5.74, 6) is 0.687. The maximum atomic E-state index is 13.3. The molecule has 5 heterocycles. The highest BCUT2D eigenvalue weighted by molar-refractivity contribution is 7.15. The first-order valence-electron chi connectivity index (χ1n) is 12.0. The minimum absolute atomic E-state index is 0.0912. The van der Waals surface area contributed by atoms with Gasteiger partial charge in [-0.3, -0.25) is 9.69 Å². The zero-order valence-electron chi connectivity index (χ0n) is 20.3. The van der Waals surface area contributed by atoms with Gasteiger partial charge in [-0.15, -0.1) is 11.3 Å². The Balaban J connectivity index is 1.26. The number of fused-ring (bicyclic) bond motifs is 1. The fourth-order valence-electron chi connectivity index (χ4n) is 4.33. The molecule has 1 fully saturated rings. The van der Waals surface area contributed by atoms with E-state index in [1.807, 2.05) is 16.8 Å². The van der Waals surface area contributed by atoms with Crippen LogP contribution in [-0.2, 0) is 0 Å². The number of hydrogen-bond donors (Lipinski definition) is 1. The van der Waals surface area contributed by atoms with Crippen LogP contribution in [0.4, 0.5) is 5.95 Å². The van der Waals surface area contributed by atoms with Gasteiger partial charge < -0.3 is 10.2 Å². The molecule has 4 aromatic rings. The number of nitrogens with one attached hydrogen (secondary N) is 1. The van der Waals surface area contributed by atoms with Crippen molar-refractivity contribution >= 4 is 34.2 Å². The van der Waals surface area contributed by atoms with E-state index in [1.165, 1.54) is 4.88 Å². The van der Waals surface area contributed by atoms with E-state index < -0.39 is 0 Å². The number of rotatable bonds is 7. The van der Waals surface area contributed by atoms with Crippen molar-refractivity contribution in [3.8, 4) is 10.6 Å². The van der Waals surface area contributed by atoms with E-state index in [0.717, 1.165) is 60.3 Å². The van der Waals surface area contributed by atoms with Crippen molar-refractivity contribution in [2.45, 2.75) is 26.8 Å². The average molecular weight is 491 g/mol. The van der Waals surface area contributed by atoms with Crippen LogP contribution in [0.15, 0.2) is 42.9 Å². The topological polar surface area (TPSA) is 92.1 Å². The molecule has 0 unspecified atom stereocenters. The zero-order chi connectivity index (χ0) is 24.4. The molecule has 182 valence electrons. The second kappa shape index (κ2) is 10.1. The molecule has 9 nitrogen and oxygen atoms in total. The fraction of sp³-hybridized carbons (Fsp3) is 0.400. The van der Waals surface area contributed by atoms with Gasteiger partial charge in [0.2, 0.25) is 5.95 Å². The van der Waals surface area contributed by atoms with Crippen molar-refractivity contribution in [1.82, 2.24) is 34.9 Å². The predicted molar refractivity (Wildman–Crippen MR) is 139 cm³/mol. The molecule has 0 bridgehead atoms. The number of aromatic nitrogens is 5. The molecule has 0 radical (unpaired) electrons. The van der Waals surface area contributed by atoms with Crippen LogP contribution in [0.2, 0.25) is 0 Å². The molecule has 0 spiro atoms. The maximum absolute atomic E-state index is 13.3. The van der Waals surface area contributed by atoms with Gasteiger partial charge in [0.05, 0.1) is 27.7 Å². The molecule has 1 aliphatic rings. The van der Waals surface area contributed by atoms with Crippen molar-refractivity contribution < 1.29 is 4.79 Å². The van der Waals surface area contributed by atoms with E-state index in [2.05, 4.69) is 63.1 Å². The number of thiophene rings is 1. The number of amides is 1. The number of anilines is 1. The van der Waals surface area contributed by atoms with E-state index in [-0.39, 0.29) is 11.9 Å². The lowest BCUT2D eigenvalue weighted by atomic mass is 10.1. The normalized spacial score (nSPS) is 14.7. The lowest BCUT2D eigenvalue weighted by Gasteiger charge is -2.34. The van der Waals surface area contributed by atoms with Crippen molar-refractivity contribution in [2.24, 2.45) is 0 Å². The third kappa shape index (κ3) is 5.03. The standard InChI is InChI=1S/C25H30N8OS/c1-17(2)33-23-20(16-29-33)19(15-21(30-23)22-6-5-18(3)35-22)24(34)26-9-10-31-11-13-32(14-12-31)25-27-7-4-8-28-25/h4-8,15-17H,9-14H2,1-3H3,(H,26,34). The van der Waals surface area contributed by atoms with Gasteiger partial charge in [-0.1, -0.05) is 0 Å². The number of pyridine rings is 1. The molecule has 5 rings (SSSR count). The number of carbonyl (C=O) groups is 1. The number of nitrogens with zero attached hydrogens (tertiary/aromatic N) is 7. The molecule has 0 saturated carbocycles. The van der Waals surface area contributed by atoms with Crippen LogP contribution in [0, 0.1) is 6.92 Å². The zero-order valence-corrected chi connectivity index (χ0v) is 21.1. The molecule has 35 heavy (non-hydrogen) atoms. The van der Waals surface area contributed by atoms with Crippen LogP contribution in [0.3, 0.4) is 0 Å². The molecule has 0 atom stereocenters. The van der Waals surface area contributed by atoms with Gasteiger partial charge >= 0.3 is 0 Å². The Morgan fingerprint density at radius 2 is 1.91 bits per heavy atom. The third-order valence-electron chi connectivity index (χ3n) is 6.21. The van der Waals surface area contributed by atoms with Crippen LogP contribution in [0.5, 0.6) is 0 Å². The number of piperazine rings is 1. The SMILES string of the molecule is Cc1ccc(-c2cc(C(=O)NCCN3CCN(c4ncccn4)CC3)c3cnn(C(C)C)c3n2)s1. The fourth-order valence-corrected chi connectivity index (χ4v) is 5.16. The smallest absolute Gasteiger partial charge is 0.252 e. The van der Waals surface area contributed by atoms with Gasteiger partial charge in [0.25, 0.3) is 5.91 Å². The summed E-state index contributed by atoms with van der Waals surface area (Å²) in [5.41, 5.74) is 2.17. The van der Waals surface area contributed by atoms with Crippen LogP contribution in [-0.4, -0.2) is 74.8 Å². The van der Waals surface area contributed by atoms with E-state index >= 15 is 0 Å². The van der Waals surface area contributed by atoms with Crippen LogP contribution < -0.4 is 10.2 Å². The number of aryl methyl sites for hydroxylation is 1. The summed E-state index contributed by atoms with van der Waals surface area (Å²) >= 11 is 1.68. The third-order valence-corrected chi connectivity index (χ3v) is 7.24. The van der Waals surface area contributed by atoms with Gasteiger partial charge in [-0.05, 0) is 45.0 Å². The van der Waals surface area contributed by atoms with Gasteiger partial charge in [0.1, 0.15) is 0 Å². The van der Waals surface area contributed by atoms with E-state index in [0.29, 0.717) is 12.1 Å². The van der Waals surface area contributed by atoms with Gasteiger partial charge in [0.15, 0.2) is 5.65 Å². The first-order valence-corrected chi connectivity index (χ1v) is 12.8. The molecular weight excluding hydrogens is 460 g/mol. The summed E-state index contributed by atoms with van der Waals surface area (Å²) in [6, 6.07) is 8.02. The first kappa shape index (κ1) is 23.4. The Morgan fingerprint density at radius 3 is 2.60 bits per heavy atom. The Morgan fingerprint density at radius 1 is 1.14 bits per heavy atom. The summed E-state index contributed by atoms with van der Waals surface area (Å²) in [6.45, 7) is 11.2. The Hall–Kier alpha value is -3.37. The molecule has 10 heteroatoms. The predicted octanol–water partition coefficient (Wildman–Crippen LogP) is 3.39. The minimum atomic E-state index is -0.0912. The first-order chi connectivity index (χ1) is 17.0. The highest BCUT2D eigenvalue weighted by Crippen LogP contribution is 2.30. The molecule has 0 aromatic carbocycles. The summed E-state index contributed by atoms with van der Waals surface area (Å²) in [5, 5.41) is 8.42. The van der Waals surface area contributed by atoms with Crippen molar-refractivity contribution in [3.63, 3.8) is 0 Å². The Labute approximate surface area is 208 Å². The van der Waals surface area contributed by atoms with Gasteiger partial charge in [-0.25, -0.2) is 19.6 Å². The van der Waals surface area contributed by atoms with Gasteiger partial charge in [0, 0.05) is 62.6 Å². The highest BCUT2D eigenvalue weighted by atomic mass is 32.1. The largest absolute Gasteiger partial charge is 0.351 e. The minimum Gasteiger partial charge on any atom is -0.351 e. The lowest BCUT2D eigenvalue weighted by molar-refractivity contribution is 0.0949. The Kier molecular flexibility index (Phi) is 6.74. The van der Waals surface area contributed by atoms with E-state index in [4.69, 9.17) is 4.98 Å². The number of hydrogen-bond acceptors (Lipinski definition) is 8.